The SMILES string of the molecule is C#CC(=O)N1CCN(CCCn2c(=O)c(-c3c(Cl)c(OC)cc(OC)c3Cl)cc3cnc(NC)nc32)CC1. The molecule has 0 bridgehead atoms. The highest BCUT2D eigenvalue weighted by Crippen LogP contribution is 2.45. The summed E-state index contributed by atoms with van der Waals surface area (Å²) in [4.78, 5) is 38.5. The summed E-state index contributed by atoms with van der Waals surface area (Å²) >= 11 is 13.3. The minimum atomic E-state index is -0.304. The Balaban J connectivity index is 1.71. The molecule has 4 rings (SSSR count). The molecule has 1 N–H and O–H groups in total. The number of methoxy groups -OCH3 is 2. The Morgan fingerprint density at radius 1 is 1.11 bits per heavy atom. The molecule has 0 unspecified atom stereocenters. The van der Waals surface area contributed by atoms with Gasteiger partial charge in [-0.25, -0.2) is 4.98 Å². The van der Waals surface area contributed by atoms with Crippen molar-refractivity contribution in [2.45, 2.75) is 13.0 Å². The minimum absolute atomic E-state index is 0.202. The molecule has 200 valence electrons. The number of nitrogens with one attached hydrogen (secondary N) is 1. The number of halogens is 2. The summed E-state index contributed by atoms with van der Waals surface area (Å²) in [6.45, 7) is 3.70. The standard InChI is InChI=1S/C26H28Cl2N6O4/c1-5-20(35)33-11-9-32(10-12-33)7-6-8-34-24-16(15-30-26(29-2)31-24)13-17(25(34)36)21-22(27)18(37-3)14-19(38-4)23(21)28/h1,13-15H,6-12H2,2-4H3,(H,29,30,31). The fourth-order valence-electron chi connectivity index (χ4n) is 4.51. The van der Waals surface area contributed by atoms with Crippen LogP contribution >= 0.6 is 23.2 Å². The first-order valence-corrected chi connectivity index (χ1v) is 12.7. The Bertz CT molecular complexity index is 1430. The molecule has 38 heavy (non-hydrogen) atoms. The third kappa shape index (κ3) is 5.36. The average Bonchev–Trinajstić information content (AvgIpc) is 2.94. The quantitative estimate of drug-likeness (QED) is 0.421. The number of anilines is 1. The number of pyridine rings is 1. The summed E-state index contributed by atoms with van der Waals surface area (Å²) in [5, 5.41) is 3.97. The van der Waals surface area contributed by atoms with Gasteiger partial charge in [0.2, 0.25) is 5.95 Å². The van der Waals surface area contributed by atoms with E-state index in [1.807, 2.05) is 0 Å². The van der Waals surface area contributed by atoms with Crippen molar-refractivity contribution in [3.8, 4) is 35.0 Å². The molecule has 3 aromatic rings. The lowest BCUT2D eigenvalue weighted by molar-refractivity contribution is -0.126. The topological polar surface area (TPSA) is 102 Å². The van der Waals surface area contributed by atoms with E-state index in [2.05, 4.69) is 26.1 Å². The second kappa shape index (κ2) is 11.9. The lowest BCUT2D eigenvalue weighted by atomic mass is 10.0. The van der Waals surface area contributed by atoms with Gasteiger partial charge in [-0.3, -0.25) is 19.1 Å². The van der Waals surface area contributed by atoms with Crippen molar-refractivity contribution in [2.75, 3.05) is 59.3 Å². The van der Waals surface area contributed by atoms with Crippen molar-refractivity contribution < 1.29 is 14.3 Å². The smallest absolute Gasteiger partial charge is 0.298 e. The van der Waals surface area contributed by atoms with Gasteiger partial charge < -0.3 is 19.7 Å². The van der Waals surface area contributed by atoms with E-state index in [4.69, 9.17) is 39.1 Å². The molecule has 2 aromatic heterocycles. The molecule has 1 fully saturated rings. The molecule has 0 aliphatic carbocycles. The van der Waals surface area contributed by atoms with Crippen LogP contribution in [0.25, 0.3) is 22.2 Å². The van der Waals surface area contributed by atoms with Gasteiger partial charge >= 0.3 is 0 Å². The third-order valence-corrected chi connectivity index (χ3v) is 7.28. The van der Waals surface area contributed by atoms with Gasteiger partial charge in [0.1, 0.15) is 17.1 Å². The predicted octanol–water partition coefficient (Wildman–Crippen LogP) is 2.99. The molecule has 1 amide bonds. The molecule has 1 aliphatic rings. The average molecular weight is 559 g/mol. The van der Waals surface area contributed by atoms with Gasteiger partial charge in [0, 0.05) is 63.0 Å². The summed E-state index contributed by atoms with van der Waals surface area (Å²) in [6, 6.07) is 3.26. The Morgan fingerprint density at radius 3 is 2.34 bits per heavy atom. The maximum absolute atomic E-state index is 13.9. The van der Waals surface area contributed by atoms with Crippen LogP contribution in [0.4, 0.5) is 5.95 Å². The van der Waals surface area contributed by atoms with Crippen LogP contribution in [0, 0.1) is 12.3 Å². The number of benzene rings is 1. The fourth-order valence-corrected chi connectivity index (χ4v) is 5.21. The van der Waals surface area contributed by atoms with Crippen molar-refractivity contribution in [3.05, 3.63) is 38.7 Å². The molecule has 0 spiro atoms. The van der Waals surface area contributed by atoms with Crippen LogP contribution in [0.3, 0.4) is 0 Å². The molecular weight excluding hydrogens is 531 g/mol. The second-order valence-corrected chi connectivity index (χ2v) is 9.41. The van der Waals surface area contributed by atoms with Gasteiger partial charge in [-0.1, -0.05) is 23.2 Å². The Hall–Kier alpha value is -3.52. The number of aromatic nitrogens is 3. The lowest BCUT2D eigenvalue weighted by Crippen LogP contribution is -2.48. The number of aryl methyl sites for hydroxylation is 1. The Labute approximate surface area is 230 Å². The van der Waals surface area contributed by atoms with E-state index in [1.54, 1.807) is 34.8 Å². The highest BCUT2D eigenvalue weighted by atomic mass is 35.5. The molecule has 12 heteroatoms. The van der Waals surface area contributed by atoms with Gasteiger partial charge in [-0.05, 0) is 25.0 Å². The van der Waals surface area contributed by atoms with Crippen molar-refractivity contribution in [1.29, 1.82) is 0 Å². The lowest BCUT2D eigenvalue weighted by Gasteiger charge is -2.33. The number of carbonyl (C=O) groups is 1. The van der Waals surface area contributed by atoms with Crippen LogP contribution in [-0.4, -0.2) is 84.2 Å². The summed E-state index contributed by atoms with van der Waals surface area (Å²) in [5.74, 6) is 2.94. The first kappa shape index (κ1) is 27.5. The molecule has 1 aromatic carbocycles. The number of fused-ring (bicyclic) bond motifs is 1. The van der Waals surface area contributed by atoms with Crippen molar-refractivity contribution in [2.24, 2.45) is 0 Å². The first-order chi connectivity index (χ1) is 18.3. The number of hydrogen-bond acceptors (Lipinski definition) is 8. The number of hydrogen-bond donors (Lipinski definition) is 1. The number of ether oxygens (including phenoxy) is 2. The highest BCUT2D eigenvalue weighted by molar-refractivity contribution is 6.41. The van der Waals surface area contributed by atoms with Crippen LogP contribution in [-0.2, 0) is 11.3 Å². The van der Waals surface area contributed by atoms with Gasteiger partial charge in [-0.15, -0.1) is 6.42 Å². The first-order valence-electron chi connectivity index (χ1n) is 12.0. The van der Waals surface area contributed by atoms with Crippen molar-refractivity contribution in [1.82, 2.24) is 24.3 Å². The third-order valence-electron chi connectivity index (χ3n) is 6.53. The second-order valence-electron chi connectivity index (χ2n) is 8.65. The molecule has 3 heterocycles. The highest BCUT2D eigenvalue weighted by Gasteiger charge is 2.24. The van der Waals surface area contributed by atoms with Crippen molar-refractivity contribution in [3.63, 3.8) is 0 Å². The van der Waals surface area contributed by atoms with E-state index >= 15 is 0 Å². The fraction of sp³-hybridized carbons (Fsp3) is 0.385. The van der Waals surface area contributed by atoms with E-state index in [1.165, 1.54) is 14.2 Å². The Morgan fingerprint density at radius 2 is 1.76 bits per heavy atom. The molecule has 0 atom stereocenters. The maximum Gasteiger partial charge on any atom is 0.298 e. The molecule has 0 saturated carbocycles. The van der Waals surface area contributed by atoms with Gasteiger partial charge in [0.15, 0.2) is 0 Å². The molecular formula is C26H28Cl2N6O4. The summed E-state index contributed by atoms with van der Waals surface area (Å²) in [5.41, 5.74) is 0.788. The summed E-state index contributed by atoms with van der Waals surface area (Å²) in [7, 11) is 4.67. The van der Waals surface area contributed by atoms with Gasteiger partial charge in [0.25, 0.3) is 11.5 Å². The van der Waals surface area contributed by atoms with Crippen LogP contribution in [0.5, 0.6) is 11.5 Å². The van der Waals surface area contributed by atoms with Gasteiger partial charge in [-0.2, -0.15) is 4.98 Å². The largest absolute Gasteiger partial charge is 0.495 e. The Kier molecular flexibility index (Phi) is 8.62. The molecule has 1 saturated heterocycles. The normalized spacial score (nSPS) is 13.8. The summed E-state index contributed by atoms with van der Waals surface area (Å²) < 4.78 is 12.4. The summed E-state index contributed by atoms with van der Waals surface area (Å²) in [6.07, 6.45) is 7.55. The zero-order valence-electron chi connectivity index (χ0n) is 21.4. The number of amides is 1. The predicted molar refractivity (Wildman–Crippen MR) is 148 cm³/mol. The molecule has 10 nitrogen and oxygen atoms in total. The maximum atomic E-state index is 13.9. The number of carbonyl (C=O) groups excluding carboxylic acids is 1. The van der Waals surface area contributed by atoms with E-state index in [0.29, 0.717) is 73.2 Å². The van der Waals surface area contributed by atoms with Crippen molar-refractivity contribution >= 4 is 46.1 Å². The number of rotatable bonds is 8. The zero-order chi connectivity index (χ0) is 27.4. The monoisotopic (exact) mass is 558 g/mol. The van der Waals surface area contributed by atoms with Crippen LogP contribution in [0.15, 0.2) is 23.1 Å². The zero-order valence-corrected chi connectivity index (χ0v) is 22.9. The van der Waals surface area contributed by atoms with E-state index in [-0.39, 0.29) is 27.1 Å². The van der Waals surface area contributed by atoms with E-state index in [0.717, 1.165) is 6.54 Å². The minimum Gasteiger partial charge on any atom is -0.495 e. The van der Waals surface area contributed by atoms with E-state index in [9.17, 15) is 9.59 Å². The van der Waals surface area contributed by atoms with E-state index < -0.39 is 0 Å². The van der Waals surface area contributed by atoms with Gasteiger partial charge in [0.05, 0.1) is 29.8 Å². The number of terminal acetylenes is 1. The van der Waals surface area contributed by atoms with Crippen LogP contribution in [0.2, 0.25) is 10.0 Å². The number of nitrogens with zero attached hydrogens (tertiary/aromatic N) is 5. The van der Waals surface area contributed by atoms with Crippen LogP contribution < -0.4 is 20.3 Å². The van der Waals surface area contributed by atoms with Crippen LogP contribution in [0.1, 0.15) is 6.42 Å². The molecule has 0 radical (unpaired) electrons. The molecule has 1 aliphatic heterocycles. The number of piperazine rings is 1.